The highest BCUT2D eigenvalue weighted by Crippen LogP contribution is 2.42. The lowest BCUT2D eigenvalue weighted by atomic mass is 9.98. The summed E-state index contributed by atoms with van der Waals surface area (Å²) in [5.74, 6) is -1.41. The van der Waals surface area contributed by atoms with Crippen molar-refractivity contribution in [3.63, 3.8) is 0 Å². The molecule has 0 aromatic carbocycles. The van der Waals surface area contributed by atoms with Crippen LogP contribution < -0.4 is 5.32 Å². The van der Waals surface area contributed by atoms with Gasteiger partial charge >= 0.3 is 11.9 Å². The number of ether oxygens (including phenoxy) is 2. The average Bonchev–Trinajstić information content (AvgIpc) is 3.51. The summed E-state index contributed by atoms with van der Waals surface area (Å²) in [4.78, 5) is 51.9. The Balaban J connectivity index is 1.47. The minimum Gasteiger partial charge on any atom is -0.427 e. The Morgan fingerprint density at radius 2 is 2.03 bits per heavy atom. The van der Waals surface area contributed by atoms with Crippen molar-refractivity contribution in [1.29, 1.82) is 0 Å². The number of aromatic nitrogens is 6. The fourth-order valence-electron chi connectivity index (χ4n) is 3.31. The van der Waals surface area contributed by atoms with Crippen LogP contribution in [0.1, 0.15) is 25.8 Å². The molecule has 2 aromatic heterocycles. The number of carbonyl (C=O) groups is 4. The third kappa shape index (κ3) is 6.27. The van der Waals surface area contributed by atoms with E-state index in [0.717, 1.165) is 9.35 Å². The van der Waals surface area contributed by atoms with Crippen molar-refractivity contribution in [2.24, 2.45) is 5.41 Å². The molecule has 17 heteroatoms. The molecule has 1 fully saturated rings. The van der Waals surface area contributed by atoms with E-state index in [0.29, 0.717) is 17.1 Å². The first-order chi connectivity index (χ1) is 17.5. The summed E-state index contributed by atoms with van der Waals surface area (Å²) in [7, 11) is 0. The van der Waals surface area contributed by atoms with E-state index in [1.807, 2.05) is 6.92 Å². The van der Waals surface area contributed by atoms with Crippen molar-refractivity contribution in [2.75, 3.05) is 18.3 Å². The number of hydrogen-bond acceptors (Lipinski definition) is 14. The number of esters is 2. The molecule has 14 nitrogen and oxygen atoms in total. The molecule has 2 amide bonds. The molecule has 0 unspecified atom stereocenters. The van der Waals surface area contributed by atoms with E-state index in [4.69, 9.17) is 9.47 Å². The first-order valence-corrected chi connectivity index (χ1v) is 13.8. The summed E-state index contributed by atoms with van der Waals surface area (Å²) < 4.78 is 12.2. The van der Waals surface area contributed by atoms with Crippen LogP contribution in [0.15, 0.2) is 21.9 Å². The molecule has 2 aromatic rings. The summed E-state index contributed by atoms with van der Waals surface area (Å²) in [5, 5.41) is 21.6. The van der Waals surface area contributed by atoms with Crippen molar-refractivity contribution in [3.8, 4) is 0 Å². The summed E-state index contributed by atoms with van der Waals surface area (Å²) in [6, 6.07) is -0.824. The van der Waals surface area contributed by atoms with Gasteiger partial charge in [0.05, 0.1) is 5.41 Å². The smallest absolute Gasteiger partial charge is 0.357 e. The van der Waals surface area contributed by atoms with Crippen molar-refractivity contribution >= 4 is 58.6 Å². The fourth-order valence-corrected chi connectivity index (χ4v) is 6.61. The van der Waals surface area contributed by atoms with Crippen molar-refractivity contribution in [3.05, 3.63) is 22.6 Å². The van der Waals surface area contributed by atoms with Gasteiger partial charge in [0.2, 0.25) is 12.7 Å². The normalized spacial score (nSPS) is 19.2. The first-order valence-electron chi connectivity index (χ1n) is 11.0. The number of aryl methyl sites for hydroxylation is 1. The largest absolute Gasteiger partial charge is 0.427 e. The standard InChI is InChI=1S/C20H24N8O6S3/c1-10-23-24-19(37-10)36-7-11-6-35-16-13(22-12(29)5-27-8-21-25-26-27)15(30)28(16)14(11)17(31)33-9-34-18(32)20(2,3)4/h8,13,16H,5-7,9H2,1-4H3,(H,22,29)/t13-,16-/m1/s1. The molecule has 2 atom stereocenters. The molecule has 1 N–H and O–H groups in total. The van der Waals surface area contributed by atoms with Gasteiger partial charge in [-0.1, -0.05) is 23.1 Å². The van der Waals surface area contributed by atoms with Gasteiger partial charge in [0, 0.05) is 11.5 Å². The van der Waals surface area contributed by atoms with E-state index < -0.39 is 47.4 Å². The van der Waals surface area contributed by atoms with Crippen LogP contribution >= 0.6 is 34.9 Å². The van der Waals surface area contributed by atoms with Gasteiger partial charge in [-0.3, -0.25) is 19.3 Å². The van der Waals surface area contributed by atoms with Gasteiger partial charge in [0.1, 0.15) is 35.0 Å². The maximum atomic E-state index is 13.1. The minimum absolute atomic E-state index is 0.0836. The van der Waals surface area contributed by atoms with Crippen LogP contribution in [0.3, 0.4) is 0 Å². The second-order valence-electron chi connectivity index (χ2n) is 9.02. The molecule has 37 heavy (non-hydrogen) atoms. The number of hydrogen-bond donors (Lipinski definition) is 1. The molecule has 4 heterocycles. The van der Waals surface area contributed by atoms with Crippen LogP contribution in [0.25, 0.3) is 0 Å². The van der Waals surface area contributed by atoms with Gasteiger partial charge in [-0.05, 0) is 43.7 Å². The molecule has 4 rings (SSSR count). The number of β-lactam (4-membered cyclic amide) rings is 1. The quantitative estimate of drug-likeness (QED) is 0.190. The Hall–Kier alpha value is -3.05. The van der Waals surface area contributed by atoms with Gasteiger partial charge in [-0.25, -0.2) is 9.48 Å². The summed E-state index contributed by atoms with van der Waals surface area (Å²) >= 11 is 4.24. The monoisotopic (exact) mass is 568 g/mol. The predicted octanol–water partition coefficient (Wildman–Crippen LogP) is 0.369. The Labute approximate surface area is 223 Å². The van der Waals surface area contributed by atoms with Crippen LogP contribution in [0.5, 0.6) is 0 Å². The molecule has 2 aliphatic heterocycles. The van der Waals surface area contributed by atoms with E-state index in [1.165, 1.54) is 50.8 Å². The van der Waals surface area contributed by atoms with Gasteiger partial charge in [-0.15, -0.1) is 27.1 Å². The van der Waals surface area contributed by atoms with E-state index in [9.17, 15) is 19.2 Å². The minimum atomic E-state index is -0.824. The highest BCUT2D eigenvalue weighted by Gasteiger charge is 2.54. The van der Waals surface area contributed by atoms with Gasteiger partial charge in [0.25, 0.3) is 5.91 Å². The fraction of sp³-hybridized carbons (Fsp3) is 0.550. The number of fused-ring (bicyclic) bond motifs is 1. The topological polar surface area (TPSA) is 171 Å². The van der Waals surface area contributed by atoms with E-state index in [2.05, 4.69) is 31.0 Å². The number of rotatable bonds is 9. The lowest BCUT2D eigenvalue weighted by Crippen LogP contribution is -2.70. The molecule has 198 valence electrons. The third-order valence-corrected chi connectivity index (χ3v) is 8.52. The number of amides is 2. The number of tetrazole rings is 1. The Morgan fingerprint density at radius 3 is 2.68 bits per heavy atom. The van der Waals surface area contributed by atoms with Crippen LogP contribution in [-0.2, 0) is 35.2 Å². The summed E-state index contributed by atoms with van der Waals surface area (Å²) in [6.45, 7) is 6.15. The molecule has 0 spiro atoms. The Bertz CT molecular complexity index is 1230. The van der Waals surface area contributed by atoms with E-state index in [-0.39, 0.29) is 12.2 Å². The Morgan fingerprint density at radius 1 is 1.24 bits per heavy atom. The highest BCUT2D eigenvalue weighted by atomic mass is 32.2. The van der Waals surface area contributed by atoms with Crippen LogP contribution in [0.2, 0.25) is 0 Å². The Kier molecular flexibility index (Phi) is 8.13. The molecule has 0 bridgehead atoms. The van der Waals surface area contributed by atoms with Gasteiger partial charge in [-0.2, -0.15) is 0 Å². The predicted molar refractivity (Wildman–Crippen MR) is 132 cm³/mol. The van der Waals surface area contributed by atoms with Crippen molar-refractivity contribution < 1.29 is 28.7 Å². The zero-order chi connectivity index (χ0) is 26.7. The van der Waals surface area contributed by atoms with Crippen LogP contribution in [-0.4, -0.2) is 88.8 Å². The zero-order valence-electron chi connectivity index (χ0n) is 20.4. The number of carbonyl (C=O) groups excluding carboxylic acids is 4. The molecular weight excluding hydrogens is 544 g/mol. The average molecular weight is 569 g/mol. The molecule has 0 saturated carbocycles. The number of nitrogens with one attached hydrogen (secondary N) is 1. The maximum Gasteiger partial charge on any atom is 0.357 e. The van der Waals surface area contributed by atoms with E-state index >= 15 is 0 Å². The SMILES string of the molecule is Cc1nnc(SCC2=C(C(=O)OCOC(=O)C(C)(C)C)N3C(=O)[C@@H](NC(=O)Cn4cnnn4)[C@H]3SC2)s1. The molecule has 2 aliphatic rings. The summed E-state index contributed by atoms with van der Waals surface area (Å²) in [6.07, 6.45) is 1.29. The van der Waals surface area contributed by atoms with Gasteiger partial charge < -0.3 is 14.8 Å². The molecular formula is C20H24N8O6S3. The number of thioether (sulfide) groups is 2. The first kappa shape index (κ1) is 27.0. The van der Waals surface area contributed by atoms with Crippen LogP contribution in [0, 0.1) is 12.3 Å². The second kappa shape index (κ2) is 11.1. The van der Waals surface area contributed by atoms with Crippen molar-refractivity contribution in [1.82, 2.24) is 40.6 Å². The maximum absolute atomic E-state index is 13.1. The zero-order valence-corrected chi connectivity index (χ0v) is 22.8. The van der Waals surface area contributed by atoms with Crippen LogP contribution in [0.4, 0.5) is 0 Å². The molecule has 0 aliphatic carbocycles. The third-order valence-electron chi connectivity index (χ3n) is 5.12. The molecule has 0 radical (unpaired) electrons. The molecule has 1 saturated heterocycles. The summed E-state index contributed by atoms with van der Waals surface area (Å²) in [5.41, 5.74) is -0.0144. The van der Waals surface area contributed by atoms with E-state index in [1.54, 1.807) is 20.8 Å². The second-order valence-corrected chi connectivity index (χ2v) is 12.5. The lowest BCUT2D eigenvalue weighted by Gasteiger charge is -2.49. The lowest BCUT2D eigenvalue weighted by molar-refractivity contribution is -0.173. The van der Waals surface area contributed by atoms with Gasteiger partial charge in [0.15, 0.2) is 4.34 Å². The highest BCUT2D eigenvalue weighted by molar-refractivity contribution is 8.01. The number of nitrogens with zero attached hydrogens (tertiary/aromatic N) is 7. The van der Waals surface area contributed by atoms with Crippen molar-refractivity contribution in [2.45, 2.75) is 50.0 Å².